The number of esters is 1. The minimum Gasteiger partial charge on any atom is -0.423 e. The predicted octanol–water partition coefficient (Wildman–Crippen LogP) is 3.15. The van der Waals surface area contributed by atoms with Crippen LogP contribution >= 0.6 is 0 Å². The van der Waals surface area contributed by atoms with Gasteiger partial charge in [-0.3, -0.25) is 0 Å². The number of carbonyl (C=O) groups is 1. The lowest BCUT2D eigenvalue weighted by atomic mass is 9.90. The Morgan fingerprint density at radius 3 is 2.47 bits per heavy atom. The highest BCUT2D eigenvalue weighted by Gasteiger charge is 2.49. The largest absolute Gasteiger partial charge is 0.423 e. The lowest BCUT2D eigenvalue weighted by molar-refractivity contribution is -0.144. The second kappa shape index (κ2) is 4.16. The van der Waals surface area contributed by atoms with Crippen LogP contribution in [0.5, 0.6) is 5.75 Å². The molecule has 0 saturated heterocycles. The van der Waals surface area contributed by atoms with Gasteiger partial charge in [0.25, 0.3) is 0 Å². The molecule has 1 heterocycles. The maximum atomic E-state index is 14.9. The van der Waals surface area contributed by atoms with E-state index in [9.17, 15) is 13.6 Å². The molecule has 4 heteroatoms. The SMILES string of the molecule is O=C1Oc2ccccc2C1(F)Cc1ccc(F)cc1. The van der Waals surface area contributed by atoms with E-state index in [1.54, 1.807) is 18.2 Å². The molecule has 1 aliphatic rings. The van der Waals surface area contributed by atoms with Gasteiger partial charge in [-0.05, 0) is 23.8 Å². The van der Waals surface area contributed by atoms with Crippen LogP contribution in [0.2, 0.25) is 0 Å². The van der Waals surface area contributed by atoms with Crippen LogP contribution in [0.4, 0.5) is 8.78 Å². The van der Waals surface area contributed by atoms with Crippen molar-refractivity contribution in [2.24, 2.45) is 0 Å². The van der Waals surface area contributed by atoms with Crippen molar-refractivity contribution < 1.29 is 18.3 Å². The molecular formula is C15H10F2O2. The van der Waals surface area contributed by atoms with Gasteiger partial charge in [-0.1, -0.05) is 30.3 Å². The van der Waals surface area contributed by atoms with Crippen molar-refractivity contribution in [1.29, 1.82) is 0 Å². The van der Waals surface area contributed by atoms with E-state index in [1.807, 2.05) is 0 Å². The number of benzene rings is 2. The molecule has 19 heavy (non-hydrogen) atoms. The summed E-state index contributed by atoms with van der Waals surface area (Å²) in [6, 6.07) is 11.8. The van der Waals surface area contributed by atoms with Gasteiger partial charge in [0, 0.05) is 12.0 Å². The Bertz CT molecular complexity index is 637. The number of rotatable bonds is 2. The summed E-state index contributed by atoms with van der Waals surface area (Å²) < 4.78 is 32.7. The van der Waals surface area contributed by atoms with Crippen LogP contribution in [0.25, 0.3) is 0 Å². The number of carbonyl (C=O) groups excluding carboxylic acids is 1. The smallest absolute Gasteiger partial charge is 0.354 e. The van der Waals surface area contributed by atoms with Gasteiger partial charge in [-0.15, -0.1) is 0 Å². The van der Waals surface area contributed by atoms with E-state index in [2.05, 4.69) is 0 Å². The fourth-order valence-corrected chi connectivity index (χ4v) is 2.22. The summed E-state index contributed by atoms with van der Waals surface area (Å²) >= 11 is 0. The van der Waals surface area contributed by atoms with Crippen molar-refractivity contribution in [2.75, 3.05) is 0 Å². The average Bonchev–Trinajstić information content (AvgIpc) is 2.65. The average molecular weight is 260 g/mol. The molecule has 0 N–H and O–H groups in total. The van der Waals surface area contributed by atoms with Crippen LogP contribution in [0.3, 0.4) is 0 Å². The highest BCUT2D eigenvalue weighted by molar-refractivity contribution is 5.89. The molecule has 0 saturated carbocycles. The summed E-state index contributed by atoms with van der Waals surface area (Å²) in [5.41, 5.74) is -1.43. The Balaban J connectivity index is 1.99. The van der Waals surface area contributed by atoms with Crippen LogP contribution in [0.1, 0.15) is 11.1 Å². The van der Waals surface area contributed by atoms with Gasteiger partial charge in [-0.25, -0.2) is 13.6 Å². The molecule has 96 valence electrons. The molecule has 2 aromatic carbocycles. The Labute approximate surface area is 108 Å². The predicted molar refractivity (Wildman–Crippen MR) is 65.0 cm³/mol. The third kappa shape index (κ3) is 1.89. The first kappa shape index (κ1) is 11.8. The standard InChI is InChI=1S/C15H10F2O2/c16-11-7-5-10(6-8-11)9-15(17)12-3-1-2-4-13(12)19-14(15)18/h1-8H,9H2. The van der Waals surface area contributed by atoms with Gasteiger partial charge in [0.1, 0.15) is 11.6 Å². The Morgan fingerprint density at radius 2 is 1.74 bits per heavy atom. The van der Waals surface area contributed by atoms with E-state index in [4.69, 9.17) is 4.74 Å². The number of halogens is 2. The summed E-state index contributed by atoms with van der Waals surface area (Å²) in [6.45, 7) is 0. The zero-order valence-corrected chi connectivity index (χ0v) is 9.90. The third-order valence-electron chi connectivity index (χ3n) is 3.20. The number of para-hydroxylation sites is 1. The Kier molecular flexibility index (Phi) is 2.59. The summed E-state index contributed by atoms with van der Waals surface area (Å²) in [5.74, 6) is -1.07. The van der Waals surface area contributed by atoms with Crippen molar-refractivity contribution in [3.63, 3.8) is 0 Å². The fourth-order valence-electron chi connectivity index (χ4n) is 2.22. The molecule has 2 aromatic rings. The molecule has 0 aliphatic carbocycles. The molecule has 0 fully saturated rings. The van der Waals surface area contributed by atoms with Crippen LogP contribution < -0.4 is 4.74 Å². The van der Waals surface area contributed by atoms with Crippen LogP contribution in [0, 0.1) is 5.82 Å². The van der Waals surface area contributed by atoms with Crippen molar-refractivity contribution in [3.8, 4) is 5.75 Å². The second-order valence-corrected chi connectivity index (χ2v) is 4.49. The van der Waals surface area contributed by atoms with Crippen molar-refractivity contribution >= 4 is 5.97 Å². The molecule has 0 spiro atoms. The zero-order valence-electron chi connectivity index (χ0n) is 9.90. The lowest BCUT2D eigenvalue weighted by Crippen LogP contribution is -2.31. The Morgan fingerprint density at radius 1 is 1.05 bits per heavy atom. The topological polar surface area (TPSA) is 26.3 Å². The van der Waals surface area contributed by atoms with Crippen LogP contribution in [0.15, 0.2) is 48.5 Å². The fraction of sp³-hybridized carbons (Fsp3) is 0.133. The van der Waals surface area contributed by atoms with E-state index < -0.39 is 17.5 Å². The first-order valence-corrected chi connectivity index (χ1v) is 5.85. The van der Waals surface area contributed by atoms with Crippen molar-refractivity contribution in [3.05, 3.63) is 65.5 Å². The quantitative estimate of drug-likeness (QED) is 0.612. The van der Waals surface area contributed by atoms with E-state index in [0.717, 1.165) is 0 Å². The van der Waals surface area contributed by atoms with Gasteiger partial charge in [0.2, 0.25) is 5.67 Å². The van der Waals surface area contributed by atoms with Crippen LogP contribution in [-0.4, -0.2) is 5.97 Å². The van der Waals surface area contributed by atoms with Gasteiger partial charge in [0.15, 0.2) is 0 Å². The summed E-state index contributed by atoms with van der Waals surface area (Å²) in [6.07, 6.45) is -0.164. The van der Waals surface area contributed by atoms with Gasteiger partial charge >= 0.3 is 5.97 Å². The van der Waals surface area contributed by atoms with Gasteiger partial charge < -0.3 is 4.74 Å². The molecule has 1 unspecified atom stereocenters. The Hall–Kier alpha value is -2.23. The minimum absolute atomic E-state index is 0.164. The minimum atomic E-state index is -2.20. The van der Waals surface area contributed by atoms with Gasteiger partial charge in [0.05, 0.1) is 0 Å². The highest BCUT2D eigenvalue weighted by Crippen LogP contribution is 2.42. The number of hydrogen-bond donors (Lipinski definition) is 0. The molecule has 1 atom stereocenters. The molecule has 1 aliphatic heterocycles. The summed E-state index contributed by atoms with van der Waals surface area (Å²) in [4.78, 5) is 11.8. The maximum Gasteiger partial charge on any atom is 0.354 e. The van der Waals surface area contributed by atoms with E-state index in [0.29, 0.717) is 5.56 Å². The number of fused-ring (bicyclic) bond motifs is 1. The van der Waals surface area contributed by atoms with Crippen LogP contribution in [-0.2, 0) is 16.9 Å². The molecule has 0 bridgehead atoms. The first-order valence-electron chi connectivity index (χ1n) is 5.85. The first-order chi connectivity index (χ1) is 9.09. The third-order valence-corrected chi connectivity index (χ3v) is 3.20. The van der Waals surface area contributed by atoms with E-state index in [-0.39, 0.29) is 17.7 Å². The summed E-state index contributed by atoms with van der Waals surface area (Å²) in [7, 11) is 0. The molecule has 0 aromatic heterocycles. The van der Waals surface area contributed by atoms with Gasteiger partial charge in [-0.2, -0.15) is 0 Å². The highest BCUT2D eigenvalue weighted by atomic mass is 19.1. The molecule has 0 radical (unpaired) electrons. The number of ether oxygens (including phenoxy) is 1. The van der Waals surface area contributed by atoms with Crippen molar-refractivity contribution in [2.45, 2.75) is 12.1 Å². The molecule has 2 nitrogen and oxygen atoms in total. The normalized spacial score (nSPS) is 21.1. The second-order valence-electron chi connectivity index (χ2n) is 4.49. The lowest BCUT2D eigenvalue weighted by Gasteiger charge is -2.16. The van der Waals surface area contributed by atoms with Crippen molar-refractivity contribution in [1.82, 2.24) is 0 Å². The maximum absolute atomic E-state index is 14.9. The molecule has 0 amide bonds. The summed E-state index contributed by atoms with van der Waals surface area (Å²) in [5, 5.41) is 0. The zero-order chi connectivity index (χ0) is 13.5. The van der Waals surface area contributed by atoms with E-state index in [1.165, 1.54) is 30.3 Å². The number of hydrogen-bond acceptors (Lipinski definition) is 2. The number of alkyl halides is 1. The molecule has 3 rings (SSSR count). The molecular weight excluding hydrogens is 250 g/mol. The van der Waals surface area contributed by atoms with E-state index >= 15 is 0 Å². The monoisotopic (exact) mass is 260 g/mol.